The van der Waals surface area contributed by atoms with Crippen molar-refractivity contribution in [2.45, 2.75) is 51.5 Å². The number of hydrogen-bond donors (Lipinski definition) is 0. The van der Waals surface area contributed by atoms with E-state index in [0.717, 1.165) is 38.6 Å². The minimum Gasteiger partial charge on any atom is -0.339 e. The lowest BCUT2D eigenvalue weighted by Crippen LogP contribution is -2.53. The van der Waals surface area contributed by atoms with Crippen molar-refractivity contribution in [2.24, 2.45) is 23.7 Å². The van der Waals surface area contributed by atoms with E-state index in [-0.39, 0.29) is 11.8 Å². The molecule has 2 saturated heterocycles. The van der Waals surface area contributed by atoms with E-state index in [1.165, 1.54) is 5.56 Å². The maximum Gasteiger partial charge on any atom is 0.222 e. The van der Waals surface area contributed by atoms with Gasteiger partial charge in [0, 0.05) is 30.8 Å². The topological polar surface area (TPSA) is 37.4 Å². The number of benzene rings is 1. The number of Topliss-reactive ketones (excluding diaryl/α,β-unsaturated/α-hetero) is 1. The summed E-state index contributed by atoms with van der Waals surface area (Å²) in [5.41, 5.74) is 1.25. The quantitative estimate of drug-likeness (QED) is 0.853. The van der Waals surface area contributed by atoms with Gasteiger partial charge < -0.3 is 4.90 Å². The molecule has 3 fully saturated rings. The lowest BCUT2D eigenvalue weighted by molar-refractivity contribution is -0.142. The molecule has 0 unspecified atom stereocenters. The number of carbonyl (C=O) groups excluding carboxylic acids is 2. The molecular weight excluding hydrogens is 298 g/mol. The van der Waals surface area contributed by atoms with E-state index < -0.39 is 0 Å². The molecule has 2 aliphatic heterocycles. The van der Waals surface area contributed by atoms with Crippen molar-refractivity contribution >= 4 is 11.7 Å². The predicted octanol–water partition coefficient (Wildman–Crippen LogP) is 3.47. The van der Waals surface area contributed by atoms with Gasteiger partial charge >= 0.3 is 0 Å². The Morgan fingerprint density at radius 3 is 2.54 bits per heavy atom. The first-order valence-corrected chi connectivity index (χ1v) is 9.57. The van der Waals surface area contributed by atoms with E-state index in [4.69, 9.17) is 0 Å². The SMILES string of the molecule is CC[C@H]1C(=O)[C@@H](Cc2ccccc2)[C@@H]2CCN3C(=O)CCC[C@H]1[C@H]23. The second-order valence-electron chi connectivity index (χ2n) is 7.80. The van der Waals surface area contributed by atoms with Crippen LogP contribution in [0.15, 0.2) is 30.3 Å². The molecule has 1 saturated carbocycles. The molecule has 0 N–H and O–H groups in total. The van der Waals surface area contributed by atoms with E-state index in [9.17, 15) is 9.59 Å². The molecule has 1 aromatic rings. The van der Waals surface area contributed by atoms with E-state index >= 15 is 0 Å². The molecule has 5 atom stereocenters. The van der Waals surface area contributed by atoms with Gasteiger partial charge in [-0.15, -0.1) is 0 Å². The summed E-state index contributed by atoms with van der Waals surface area (Å²) >= 11 is 0. The summed E-state index contributed by atoms with van der Waals surface area (Å²) in [5, 5.41) is 0. The maximum absolute atomic E-state index is 13.3. The summed E-state index contributed by atoms with van der Waals surface area (Å²) in [6, 6.07) is 10.7. The maximum atomic E-state index is 13.3. The van der Waals surface area contributed by atoms with Crippen molar-refractivity contribution in [3.05, 3.63) is 35.9 Å². The van der Waals surface area contributed by atoms with Gasteiger partial charge in [-0.05, 0) is 49.5 Å². The van der Waals surface area contributed by atoms with Crippen molar-refractivity contribution in [2.75, 3.05) is 6.54 Å². The highest BCUT2D eigenvalue weighted by Gasteiger charge is 2.54. The predicted molar refractivity (Wildman–Crippen MR) is 93.4 cm³/mol. The van der Waals surface area contributed by atoms with Gasteiger partial charge in [-0.2, -0.15) is 0 Å². The first-order chi connectivity index (χ1) is 11.7. The van der Waals surface area contributed by atoms with Crippen molar-refractivity contribution in [1.82, 2.24) is 4.90 Å². The monoisotopic (exact) mass is 325 g/mol. The third kappa shape index (κ3) is 2.49. The standard InChI is InChI=1S/C21H27NO2/c1-2-15-16-9-6-10-19(23)22-12-11-17(20(16)22)18(21(15)24)13-14-7-4-3-5-8-14/h3-5,7-8,15-18,20H,2,6,9-13H2,1H3/t15-,16-,17+,18+,20-/m1/s1. The summed E-state index contributed by atoms with van der Waals surface area (Å²) in [6.07, 6.45) is 5.44. The summed E-state index contributed by atoms with van der Waals surface area (Å²) in [5.74, 6) is 1.80. The van der Waals surface area contributed by atoms with Crippen molar-refractivity contribution in [3.8, 4) is 0 Å². The van der Waals surface area contributed by atoms with E-state index in [1.807, 2.05) is 6.07 Å². The van der Waals surface area contributed by atoms with E-state index in [1.54, 1.807) is 0 Å². The third-order valence-corrected chi connectivity index (χ3v) is 6.69. The Morgan fingerprint density at radius 2 is 1.79 bits per heavy atom. The van der Waals surface area contributed by atoms with Gasteiger partial charge in [-0.1, -0.05) is 37.3 Å². The van der Waals surface area contributed by atoms with E-state index in [2.05, 4.69) is 36.1 Å². The number of nitrogens with zero attached hydrogens (tertiary/aromatic N) is 1. The fourth-order valence-corrected chi connectivity index (χ4v) is 5.68. The number of carbonyl (C=O) groups is 2. The second kappa shape index (κ2) is 6.34. The zero-order valence-electron chi connectivity index (χ0n) is 14.5. The highest BCUT2D eigenvalue weighted by atomic mass is 16.2. The summed E-state index contributed by atoms with van der Waals surface area (Å²) in [4.78, 5) is 28.0. The van der Waals surface area contributed by atoms with Crippen LogP contribution in [0.25, 0.3) is 0 Å². The fraction of sp³-hybridized carbons (Fsp3) is 0.619. The van der Waals surface area contributed by atoms with Crippen LogP contribution in [0.4, 0.5) is 0 Å². The zero-order valence-corrected chi connectivity index (χ0v) is 14.5. The highest BCUT2D eigenvalue weighted by Crippen LogP contribution is 2.49. The van der Waals surface area contributed by atoms with Gasteiger partial charge in [-0.3, -0.25) is 9.59 Å². The number of ketones is 1. The number of amides is 1. The Labute approximate surface area is 144 Å². The Hall–Kier alpha value is -1.64. The fourth-order valence-electron chi connectivity index (χ4n) is 5.68. The number of rotatable bonds is 3. The molecule has 0 bridgehead atoms. The van der Waals surface area contributed by atoms with Gasteiger partial charge in [-0.25, -0.2) is 0 Å². The Kier molecular flexibility index (Phi) is 4.19. The molecule has 1 aromatic carbocycles. The lowest BCUT2D eigenvalue weighted by Gasteiger charge is -2.45. The second-order valence-corrected chi connectivity index (χ2v) is 7.80. The van der Waals surface area contributed by atoms with Gasteiger partial charge in [0.05, 0.1) is 0 Å². The molecule has 0 spiro atoms. The smallest absolute Gasteiger partial charge is 0.222 e. The normalized spacial score (nSPS) is 35.7. The van der Waals surface area contributed by atoms with Gasteiger partial charge in [0.25, 0.3) is 0 Å². The molecule has 3 heteroatoms. The summed E-state index contributed by atoms with van der Waals surface area (Å²) < 4.78 is 0. The van der Waals surface area contributed by atoms with Crippen molar-refractivity contribution in [3.63, 3.8) is 0 Å². The molecule has 0 radical (unpaired) electrons. The highest BCUT2D eigenvalue weighted by molar-refractivity contribution is 5.86. The van der Waals surface area contributed by atoms with Gasteiger partial charge in [0.2, 0.25) is 5.91 Å². The van der Waals surface area contributed by atoms with Crippen LogP contribution in [0.3, 0.4) is 0 Å². The van der Waals surface area contributed by atoms with E-state index in [0.29, 0.717) is 36.0 Å². The van der Waals surface area contributed by atoms with Crippen LogP contribution in [0.1, 0.15) is 44.6 Å². The molecule has 1 amide bonds. The van der Waals surface area contributed by atoms with Crippen LogP contribution in [0, 0.1) is 23.7 Å². The molecule has 1 aliphatic carbocycles. The third-order valence-electron chi connectivity index (χ3n) is 6.69. The first kappa shape index (κ1) is 15.9. The van der Waals surface area contributed by atoms with Gasteiger partial charge in [0.1, 0.15) is 5.78 Å². The number of hydrogen-bond acceptors (Lipinski definition) is 2. The van der Waals surface area contributed by atoms with Crippen LogP contribution in [-0.4, -0.2) is 29.2 Å². The molecule has 3 aliphatic rings. The van der Waals surface area contributed by atoms with Crippen LogP contribution >= 0.6 is 0 Å². The Morgan fingerprint density at radius 1 is 1.04 bits per heavy atom. The molecule has 24 heavy (non-hydrogen) atoms. The van der Waals surface area contributed by atoms with Crippen molar-refractivity contribution in [1.29, 1.82) is 0 Å². The van der Waals surface area contributed by atoms with Crippen LogP contribution in [0.2, 0.25) is 0 Å². The average molecular weight is 325 g/mol. The zero-order chi connectivity index (χ0) is 16.7. The molecule has 4 rings (SSSR count). The van der Waals surface area contributed by atoms with Crippen LogP contribution in [-0.2, 0) is 16.0 Å². The van der Waals surface area contributed by atoms with Crippen LogP contribution in [0.5, 0.6) is 0 Å². The molecule has 0 aromatic heterocycles. The summed E-state index contributed by atoms with van der Waals surface area (Å²) in [7, 11) is 0. The minimum absolute atomic E-state index is 0.0921. The molecular formula is C21H27NO2. The molecule has 2 heterocycles. The Bertz CT molecular complexity index is 626. The molecule has 3 nitrogen and oxygen atoms in total. The first-order valence-electron chi connectivity index (χ1n) is 9.57. The van der Waals surface area contributed by atoms with Gasteiger partial charge in [0.15, 0.2) is 0 Å². The Balaban J connectivity index is 1.68. The largest absolute Gasteiger partial charge is 0.339 e. The molecule has 128 valence electrons. The average Bonchev–Trinajstić information content (AvgIpc) is 2.97. The van der Waals surface area contributed by atoms with Crippen LogP contribution < -0.4 is 0 Å². The van der Waals surface area contributed by atoms with Crippen molar-refractivity contribution < 1.29 is 9.59 Å². The lowest BCUT2D eigenvalue weighted by atomic mass is 9.61. The summed E-state index contributed by atoms with van der Waals surface area (Å²) in [6.45, 7) is 3.01. The minimum atomic E-state index is 0.0921.